The zero-order valence-electron chi connectivity index (χ0n) is 12.1. The summed E-state index contributed by atoms with van der Waals surface area (Å²) in [6, 6.07) is 21.9. The van der Waals surface area contributed by atoms with Gasteiger partial charge < -0.3 is 4.55 Å². The van der Waals surface area contributed by atoms with Crippen molar-refractivity contribution in [3.05, 3.63) is 77.2 Å². The average molecular weight is 325 g/mol. The first-order valence-electron chi connectivity index (χ1n) is 6.90. The van der Waals surface area contributed by atoms with Gasteiger partial charge in [-0.3, -0.25) is 0 Å². The van der Waals surface area contributed by atoms with E-state index in [0.717, 1.165) is 15.3 Å². The summed E-state index contributed by atoms with van der Waals surface area (Å²) in [6.07, 6.45) is 1.69. The summed E-state index contributed by atoms with van der Waals surface area (Å²) in [5, 5.41) is 0. The molecule has 4 heteroatoms. The van der Waals surface area contributed by atoms with E-state index >= 15 is 0 Å². The second kappa shape index (κ2) is 6.92. The minimum absolute atomic E-state index is 0.724. The Hall–Kier alpha value is -1.88. The van der Waals surface area contributed by atoms with E-state index in [9.17, 15) is 4.55 Å². The van der Waals surface area contributed by atoms with Crippen LogP contribution in [-0.4, -0.2) is 10.8 Å². The SMILES string of the molecule is Cc1ccc([S@@+]([O-])N=Cc2ccc(-c3ccccc3)s2)cc1. The Morgan fingerprint density at radius 1 is 0.955 bits per heavy atom. The predicted molar refractivity (Wildman–Crippen MR) is 94.9 cm³/mol. The molecule has 1 atom stereocenters. The van der Waals surface area contributed by atoms with Gasteiger partial charge in [-0.05, 0) is 36.8 Å². The van der Waals surface area contributed by atoms with Crippen molar-refractivity contribution >= 4 is 28.9 Å². The fourth-order valence-electron chi connectivity index (χ4n) is 2.00. The van der Waals surface area contributed by atoms with E-state index in [1.165, 1.54) is 10.4 Å². The lowest BCUT2D eigenvalue weighted by molar-refractivity contribution is 0.597. The quantitative estimate of drug-likeness (QED) is 0.498. The van der Waals surface area contributed by atoms with Gasteiger partial charge in [-0.15, -0.1) is 11.3 Å². The minimum Gasteiger partial charge on any atom is -0.586 e. The molecule has 3 rings (SSSR count). The molecule has 0 amide bonds. The van der Waals surface area contributed by atoms with Crippen molar-refractivity contribution in [1.82, 2.24) is 0 Å². The topological polar surface area (TPSA) is 35.4 Å². The van der Waals surface area contributed by atoms with Gasteiger partial charge >= 0.3 is 0 Å². The van der Waals surface area contributed by atoms with Gasteiger partial charge in [-0.25, -0.2) is 0 Å². The summed E-state index contributed by atoms with van der Waals surface area (Å²) in [5.41, 5.74) is 2.34. The van der Waals surface area contributed by atoms with Crippen LogP contribution >= 0.6 is 11.3 Å². The van der Waals surface area contributed by atoms with Gasteiger partial charge in [0.25, 0.3) is 0 Å². The number of rotatable bonds is 4. The molecule has 0 unspecified atom stereocenters. The summed E-state index contributed by atoms with van der Waals surface area (Å²) in [5.74, 6) is 0. The lowest BCUT2D eigenvalue weighted by atomic mass is 10.2. The molecular weight excluding hydrogens is 310 g/mol. The molecule has 0 radical (unpaired) electrons. The Balaban J connectivity index is 1.73. The van der Waals surface area contributed by atoms with Crippen molar-refractivity contribution in [2.75, 3.05) is 0 Å². The van der Waals surface area contributed by atoms with E-state index < -0.39 is 11.4 Å². The van der Waals surface area contributed by atoms with Crippen molar-refractivity contribution < 1.29 is 4.55 Å². The standard InChI is InChI=1S/C18H15NOS2/c1-14-7-10-17(11-8-14)22(20)19-13-16-9-12-18(21-16)15-5-3-2-4-6-15/h2-13H,1H3/t22-/m1/s1. The highest BCUT2D eigenvalue weighted by atomic mass is 32.2. The Bertz CT molecular complexity index is 763. The molecule has 0 saturated heterocycles. The van der Waals surface area contributed by atoms with Gasteiger partial charge in [0.1, 0.15) is 11.4 Å². The molecule has 2 aromatic carbocycles. The predicted octanol–water partition coefficient (Wildman–Crippen LogP) is 4.87. The first kappa shape index (κ1) is 15.0. The van der Waals surface area contributed by atoms with Crippen LogP contribution in [0.5, 0.6) is 0 Å². The summed E-state index contributed by atoms with van der Waals surface area (Å²) in [4.78, 5) is 2.91. The van der Waals surface area contributed by atoms with Gasteiger partial charge in [-0.2, -0.15) is 0 Å². The first-order valence-corrected chi connectivity index (χ1v) is 8.82. The van der Waals surface area contributed by atoms with Crippen LogP contribution in [0.4, 0.5) is 0 Å². The monoisotopic (exact) mass is 325 g/mol. The minimum atomic E-state index is -1.35. The van der Waals surface area contributed by atoms with Crippen molar-refractivity contribution in [2.24, 2.45) is 4.40 Å². The summed E-state index contributed by atoms with van der Waals surface area (Å²) >= 11 is 0.291. The second-order valence-corrected chi connectivity index (χ2v) is 7.16. The van der Waals surface area contributed by atoms with Gasteiger partial charge in [0.15, 0.2) is 4.90 Å². The van der Waals surface area contributed by atoms with Gasteiger partial charge in [-0.1, -0.05) is 52.4 Å². The van der Waals surface area contributed by atoms with Crippen LogP contribution in [0.2, 0.25) is 0 Å². The van der Waals surface area contributed by atoms with E-state index in [1.54, 1.807) is 17.6 Å². The largest absolute Gasteiger partial charge is 0.586 e. The van der Waals surface area contributed by atoms with Crippen molar-refractivity contribution in [1.29, 1.82) is 0 Å². The van der Waals surface area contributed by atoms with Crippen LogP contribution in [0.15, 0.2) is 76.0 Å². The fourth-order valence-corrected chi connectivity index (χ4v) is 3.65. The molecule has 22 heavy (non-hydrogen) atoms. The molecule has 2 nitrogen and oxygen atoms in total. The number of hydrogen-bond acceptors (Lipinski definition) is 3. The Morgan fingerprint density at radius 2 is 1.68 bits per heavy atom. The lowest BCUT2D eigenvalue weighted by Gasteiger charge is -2.02. The number of aryl methyl sites for hydroxylation is 1. The molecule has 110 valence electrons. The van der Waals surface area contributed by atoms with Crippen LogP contribution in [0.25, 0.3) is 10.4 Å². The molecular formula is C18H15NOS2. The van der Waals surface area contributed by atoms with E-state index in [0.29, 0.717) is 0 Å². The summed E-state index contributed by atoms with van der Waals surface area (Å²) in [6.45, 7) is 2.01. The zero-order chi connectivity index (χ0) is 15.4. The highest BCUT2D eigenvalue weighted by molar-refractivity contribution is 7.90. The third-order valence-corrected chi connectivity index (χ3v) is 5.22. The van der Waals surface area contributed by atoms with E-state index in [-0.39, 0.29) is 0 Å². The van der Waals surface area contributed by atoms with Gasteiger partial charge in [0.05, 0.1) is 11.1 Å². The number of benzene rings is 2. The maximum Gasteiger partial charge on any atom is 0.182 e. The Morgan fingerprint density at radius 3 is 2.41 bits per heavy atom. The summed E-state index contributed by atoms with van der Waals surface area (Å²) in [7, 11) is 0. The Kier molecular flexibility index (Phi) is 4.73. The summed E-state index contributed by atoms with van der Waals surface area (Å²) < 4.78 is 16.3. The molecule has 0 bridgehead atoms. The average Bonchev–Trinajstić information content (AvgIpc) is 3.03. The molecule has 0 aliphatic heterocycles. The van der Waals surface area contributed by atoms with E-state index in [1.807, 2.05) is 55.5 Å². The molecule has 0 aliphatic carbocycles. The number of thiophene rings is 1. The van der Waals surface area contributed by atoms with Gasteiger partial charge in [0, 0.05) is 4.88 Å². The highest BCUT2D eigenvalue weighted by Crippen LogP contribution is 2.27. The lowest BCUT2D eigenvalue weighted by Crippen LogP contribution is -1.97. The van der Waals surface area contributed by atoms with Crippen molar-refractivity contribution in [2.45, 2.75) is 11.8 Å². The number of hydrogen-bond donors (Lipinski definition) is 0. The molecule has 3 aromatic rings. The molecule has 0 fully saturated rings. The smallest absolute Gasteiger partial charge is 0.182 e. The third kappa shape index (κ3) is 3.65. The first-order chi connectivity index (χ1) is 10.7. The Labute approximate surface area is 137 Å². The van der Waals surface area contributed by atoms with Crippen LogP contribution in [0.3, 0.4) is 0 Å². The van der Waals surface area contributed by atoms with Crippen molar-refractivity contribution in [3.8, 4) is 10.4 Å². The van der Waals surface area contributed by atoms with E-state index in [4.69, 9.17) is 0 Å². The molecule has 0 aliphatic rings. The van der Waals surface area contributed by atoms with Crippen LogP contribution < -0.4 is 0 Å². The fraction of sp³-hybridized carbons (Fsp3) is 0.0556. The zero-order valence-corrected chi connectivity index (χ0v) is 13.7. The van der Waals surface area contributed by atoms with E-state index in [2.05, 4.69) is 22.6 Å². The van der Waals surface area contributed by atoms with Crippen LogP contribution in [0.1, 0.15) is 10.4 Å². The molecule has 1 aromatic heterocycles. The highest BCUT2D eigenvalue weighted by Gasteiger charge is 2.09. The second-order valence-electron chi connectivity index (χ2n) is 4.86. The normalized spacial score (nSPS) is 12.6. The van der Waals surface area contributed by atoms with Crippen LogP contribution in [0, 0.1) is 6.92 Å². The molecule has 0 spiro atoms. The van der Waals surface area contributed by atoms with Gasteiger partial charge in [0.2, 0.25) is 0 Å². The van der Waals surface area contributed by atoms with Crippen molar-refractivity contribution in [3.63, 3.8) is 0 Å². The molecule has 0 saturated carbocycles. The molecule has 1 heterocycles. The number of nitrogens with zero attached hydrogens (tertiary/aromatic N) is 1. The maximum absolute atomic E-state index is 12.1. The maximum atomic E-state index is 12.1. The molecule has 0 N–H and O–H groups in total. The van der Waals surface area contributed by atoms with Crippen LogP contribution in [-0.2, 0) is 11.4 Å². The third-order valence-electron chi connectivity index (χ3n) is 3.18.